The third-order valence-electron chi connectivity index (χ3n) is 5.97. The monoisotopic (exact) mass is 454 g/mol. The predicted octanol–water partition coefficient (Wildman–Crippen LogP) is 5.83. The molecule has 3 aromatic carbocycles. The summed E-state index contributed by atoms with van der Waals surface area (Å²) in [5.41, 5.74) is 3.73. The molecule has 34 heavy (non-hydrogen) atoms. The van der Waals surface area contributed by atoms with Gasteiger partial charge in [0.05, 0.1) is 12.6 Å². The molecule has 0 aromatic heterocycles. The summed E-state index contributed by atoms with van der Waals surface area (Å²) >= 11 is 0. The summed E-state index contributed by atoms with van der Waals surface area (Å²) in [4.78, 5) is 26.8. The summed E-state index contributed by atoms with van der Waals surface area (Å²) in [5.74, 6) is 0.455. The molecule has 1 aliphatic heterocycles. The van der Waals surface area contributed by atoms with Crippen molar-refractivity contribution in [3.8, 4) is 5.75 Å². The van der Waals surface area contributed by atoms with E-state index in [2.05, 4.69) is 29.6 Å². The lowest BCUT2D eigenvalue weighted by Crippen LogP contribution is -2.31. The minimum Gasteiger partial charge on any atom is -0.494 e. The van der Waals surface area contributed by atoms with Gasteiger partial charge in [-0.3, -0.25) is 15.0 Å². The number of nitrogens with zero attached hydrogens (tertiary/aromatic N) is 1. The number of hydrogen-bond donors (Lipinski definition) is 1. The summed E-state index contributed by atoms with van der Waals surface area (Å²) < 4.78 is 5.95. The number of rotatable bonds is 10. The Labute approximate surface area is 201 Å². The summed E-state index contributed by atoms with van der Waals surface area (Å²) in [6, 6.07) is 27.5. The maximum absolute atomic E-state index is 12.6. The van der Waals surface area contributed by atoms with Gasteiger partial charge in [0.2, 0.25) is 0 Å². The number of carbonyl (C=O) groups excluding carboxylic acids is 2. The van der Waals surface area contributed by atoms with Crippen molar-refractivity contribution in [2.24, 2.45) is 0 Å². The zero-order valence-electron chi connectivity index (χ0n) is 19.4. The lowest BCUT2D eigenvalue weighted by molar-refractivity contribution is -0.116. The lowest BCUT2D eigenvalue weighted by Gasteiger charge is -2.26. The smallest absolute Gasteiger partial charge is 0.329 e. The van der Waals surface area contributed by atoms with E-state index in [4.69, 9.17) is 4.74 Å². The standard InChI is InChI=1S/C29H30N2O3/c1-2-26(24-15-7-4-8-16-24)31-27(28(32)30-29(31)33)19-18-23-13-9-17-25(21-23)34-20-10-14-22-11-5-3-6-12-22/h3-9,11-13,15-17,19,21,26H,2,10,14,18,20H2,1H3,(H,30,32,33). The molecule has 1 atom stereocenters. The van der Waals surface area contributed by atoms with E-state index in [0.717, 1.165) is 29.7 Å². The van der Waals surface area contributed by atoms with Crippen LogP contribution in [0.5, 0.6) is 5.75 Å². The van der Waals surface area contributed by atoms with Gasteiger partial charge in [0.1, 0.15) is 11.4 Å². The van der Waals surface area contributed by atoms with Crippen molar-refractivity contribution in [1.82, 2.24) is 10.2 Å². The molecular formula is C29H30N2O3. The number of carbonyl (C=O) groups is 2. The molecule has 1 aliphatic rings. The number of ether oxygens (including phenoxy) is 1. The number of imide groups is 1. The molecule has 0 spiro atoms. The Morgan fingerprint density at radius 1 is 0.912 bits per heavy atom. The van der Waals surface area contributed by atoms with Crippen molar-refractivity contribution >= 4 is 11.9 Å². The summed E-state index contributed by atoms with van der Waals surface area (Å²) in [5, 5.41) is 2.45. The van der Waals surface area contributed by atoms with Crippen LogP contribution in [-0.2, 0) is 17.6 Å². The van der Waals surface area contributed by atoms with Crippen molar-refractivity contribution in [2.45, 2.75) is 38.6 Å². The van der Waals surface area contributed by atoms with Gasteiger partial charge in [0.15, 0.2) is 0 Å². The van der Waals surface area contributed by atoms with Gasteiger partial charge in [-0.2, -0.15) is 0 Å². The van der Waals surface area contributed by atoms with Crippen LogP contribution in [0.1, 0.15) is 42.5 Å². The highest BCUT2D eigenvalue weighted by Gasteiger charge is 2.37. The van der Waals surface area contributed by atoms with Crippen molar-refractivity contribution in [2.75, 3.05) is 6.61 Å². The van der Waals surface area contributed by atoms with Crippen molar-refractivity contribution in [3.05, 3.63) is 113 Å². The molecular weight excluding hydrogens is 424 g/mol. The van der Waals surface area contributed by atoms with E-state index in [1.807, 2.05) is 73.7 Å². The van der Waals surface area contributed by atoms with Crippen molar-refractivity contribution < 1.29 is 14.3 Å². The zero-order chi connectivity index (χ0) is 23.8. The van der Waals surface area contributed by atoms with E-state index in [1.54, 1.807) is 4.90 Å². The molecule has 0 saturated carbocycles. The van der Waals surface area contributed by atoms with E-state index < -0.39 is 0 Å². The molecule has 1 unspecified atom stereocenters. The fourth-order valence-electron chi connectivity index (χ4n) is 4.27. The van der Waals surface area contributed by atoms with E-state index in [-0.39, 0.29) is 18.0 Å². The zero-order valence-corrected chi connectivity index (χ0v) is 19.4. The number of aryl methyl sites for hydroxylation is 1. The number of nitrogens with one attached hydrogen (secondary N) is 1. The highest BCUT2D eigenvalue weighted by molar-refractivity contribution is 6.11. The first-order chi connectivity index (χ1) is 16.7. The molecule has 1 heterocycles. The first-order valence-corrected chi connectivity index (χ1v) is 11.8. The average Bonchev–Trinajstić information content (AvgIpc) is 3.15. The Hall–Kier alpha value is -3.86. The highest BCUT2D eigenvalue weighted by atomic mass is 16.5. The number of hydrogen-bond acceptors (Lipinski definition) is 3. The van der Waals surface area contributed by atoms with Crippen molar-refractivity contribution in [1.29, 1.82) is 0 Å². The first-order valence-electron chi connectivity index (χ1n) is 11.8. The van der Waals surface area contributed by atoms with Crippen LogP contribution in [0.2, 0.25) is 0 Å². The van der Waals surface area contributed by atoms with Gasteiger partial charge in [0.25, 0.3) is 5.91 Å². The number of urea groups is 1. The molecule has 1 N–H and O–H groups in total. The lowest BCUT2D eigenvalue weighted by atomic mass is 10.0. The molecule has 1 fully saturated rings. The largest absolute Gasteiger partial charge is 0.494 e. The van der Waals surface area contributed by atoms with Crippen LogP contribution in [0.3, 0.4) is 0 Å². The Bertz CT molecular complexity index is 1140. The molecule has 5 nitrogen and oxygen atoms in total. The second-order valence-electron chi connectivity index (χ2n) is 8.34. The van der Waals surface area contributed by atoms with Gasteiger partial charge in [-0.1, -0.05) is 85.8 Å². The summed E-state index contributed by atoms with van der Waals surface area (Å²) in [7, 11) is 0. The van der Waals surface area contributed by atoms with E-state index >= 15 is 0 Å². The molecule has 174 valence electrons. The van der Waals surface area contributed by atoms with Crippen LogP contribution in [0, 0.1) is 0 Å². The van der Waals surface area contributed by atoms with E-state index in [1.165, 1.54) is 5.56 Å². The van der Waals surface area contributed by atoms with Gasteiger partial charge in [0, 0.05) is 0 Å². The third kappa shape index (κ3) is 5.73. The van der Waals surface area contributed by atoms with Gasteiger partial charge >= 0.3 is 6.03 Å². The Morgan fingerprint density at radius 2 is 1.62 bits per heavy atom. The third-order valence-corrected chi connectivity index (χ3v) is 5.97. The topological polar surface area (TPSA) is 58.6 Å². The highest BCUT2D eigenvalue weighted by Crippen LogP contribution is 2.31. The second kappa shape index (κ2) is 11.3. The number of allylic oxidation sites excluding steroid dienone is 1. The molecule has 4 rings (SSSR count). The molecule has 3 amide bonds. The van der Waals surface area contributed by atoms with Gasteiger partial charge in [-0.05, 0) is 54.5 Å². The predicted molar refractivity (Wildman–Crippen MR) is 133 cm³/mol. The average molecular weight is 455 g/mol. The fourth-order valence-corrected chi connectivity index (χ4v) is 4.27. The molecule has 0 bridgehead atoms. The number of amides is 3. The van der Waals surface area contributed by atoms with Crippen LogP contribution in [0.15, 0.2) is 96.7 Å². The molecule has 3 aromatic rings. The van der Waals surface area contributed by atoms with Crippen LogP contribution >= 0.6 is 0 Å². The van der Waals surface area contributed by atoms with Crippen LogP contribution < -0.4 is 10.1 Å². The minimum absolute atomic E-state index is 0.196. The van der Waals surface area contributed by atoms with Gasteiger partial charge in [-0.25, -0.2) is 4.79 Å². The second-order valence-corrected chi connectivity index (χ2v) is 8.34. The van der Waals surface area contributed by atoms with Crippen molar-refractivity contribution in [3.63, 3.8) is 0 Å². The molecule has 1 saturated heterocycles. The van der Waals surface area contributed by atoms with Crippen LogP contribution in [0.25, 0.3) is 0 Å². The maximum Gasteiger partial charge on any atom is 0.329 e. The normalized spacial score (nSPS) is 15.4. The first kappa shape index (κ1) is 23.3. The molecule has 0 aliphatic carbocycles. The maximum atomic E-state index is 12.6. The van der Waals surface area contributed by atoms with Crippen LogP contribution in [-0.4, -0.2) is 23.4 Å². The molecule has 5 heteroatoms. The van der Waals surface area contributed by atoms with Gasteiger partial charge < -0.3 is 4.74 Å². The number of benzene rings is 3. The Kier molecular flexibility index (Phi) is 7.76. The fraction of sp³-hybridized carbons (Fsp3) is 0.241. The van der Waals surface area contributed by atoms with E-state index in [9.17, 15) is 9.59 Å². The molecule has 0 radical (unpaired) electrons. The van der Waals surface area contributed by atoms with Gasteiger partial charge in [-0.15, -0.1) is 0 Å². The summed E-state index contributed by atoms with van der Waals surface area (Å²) in [6.07, 6.45) is 4.98. The minimum atomic E-state index is -0.373. The van der Waals surface area contributed by atoms with E-state index in [0.29, 0.717) is 25.1 Å². The Morgan fingerprint density at radius 3 is 2.35 bits per heavy atom. The quantitative estimate of drug-likeness (QED) is 0.238. The Balaban J connectivity index is 1.41. The summed E-state index contributed by atoms with van der Waals surface area (Å²) in [6.45, 7) is 2.66. The van der Waals surface area contributed by atoms with Crippen LogP contribution in [0.4, 0.5) is 4.79 Å². The SMILES string of the molecule is CCC(c1ccccc1)N1C(=O)NC(=O)C1=CCc1cccc(OCCCc2ccccc2)c1.